The van der Waals surface area contributed by atoms with Crippen molar-refractivity contribution in [3.05, 3.63) is 65.2 Å². The van der Waals surface area contributed by atoms with Crippen LogP contribution in [0.2, 0.25) is 0 Å². The van der Waals surface area contributed by atoms with E-state index in [1.54, 1.807) is 18.2 Å². The molecule has 0 saturated heterocycles. The lowest BCUT2D eigenvalue weighted by molar-refractivity contribution is -0.141. The van der Waals surface area contributed by atoms with E-state index in [0.29, 0.717) is 23.3 Å². The van der Waals surface area contributed by atoms with Crippen LogP contribution in [0, 0.1) is 5.92 Å². The van der Waals surface area contributed by atoms with Crippen LogP contribution < -0.4 is 10.1 Å². The van der Waals surface area contributed by atoms with E-state index in [1.165, 1.54) is 14.0 Å². The molecule has 1 amide bonds. The van der Waals surface area contributed by atoms with Gasteiger partial charge in [-0.3, -0.25) is 14.4 Å². The van der Waals surface area contributed by atoms with Gasteiger partial charge in [0.25, 0.3) is 0 Å². The van der Waals surface area contributed by atoms with Gasteiger partial charge < -0.3 is 15.2 Å². The number of Topliss-reactive ketones (excluding diaryl/α,β-unsaturated/α-hetero) is 1. The molecule has 0 fully saturated rings. The number of ether oxygens (including phenoxy) is 1. The van der Waals surface area contributed by atoms with Crippen molar-refractivity contribution in [2.75, 3.05) is 13.7 Å². The fourth-order valence-corrected chi connectivity index (χ4v) is 2.75. The molecule has 0 aliphatic carbocycles. The molecule has 0 spiro atoms. The molecule has 1 unspecified atom stereocenters. The van der Waals surface area contributed by atoms with Crippen LogP contribution in [0.1, 0.15) is 28.4 Å². The van der Waals surface area contributed by atoms with Crippen LogP contribution in [-0.2, 0) is 22.4 Å². The standard InChI is InChI=1S/C21H23NO5/c1-14(23)16-8-9-19(27-2)17(11-16)12-20(24)22-13-18(21(25)26)10-15-6-4-3-5-7-15/h3-9,11,18H,10,12-13H2,1-2H3,(H,22,24)(H,25,26). The van der Waals surface area contributed by atoms with E-state index in [-0.39, 0.29) is 24.7 Å². The van der Waals surface area contributed by atoms with E-state index in [1.807, 2.05) is 30.3 Å². The fraction of sp³-hybridized carbons (Fsp3) is 0.286. The van der Waals surface area contributed by atoms with Gasteiger partial charge in [-0.05, 0) is 37.1 Å². The first-order chi connectivity index (χ1) is 12.9. The molecule has 0 heterocycles. The number of carbonyl (C=O) groups is 3. The lowest BCUT2D eigenvalue weighted by atomic mass is 9.99. The lowest BCUT2D eigenvalue weighted by Crippen LogP contribution is -2.35. The van der Waals surface area contributed by atoms with Gasteiger partial charge in [-0.15, -0.1) is 0 Å². The van der Waals surface area contributed by atoms with Gasteiger partial charge in [0.1, 0.15) is 5.75 Å². The average Bonchev–Trinajstić information content (AvgIpc) is 2.65. The minimum atomic E-state index is -0.963. The van der Waals surface area contributed by atoms with E-state index in [0.717, 1.165) is 5.56 Å². The molecule has 2 aromatic carbocycles. The van der Waals surface area contributed by atoms with Crippen LogP contribution in [0.25, 0.3) is 0 Å². The van der Waals surface area contributed by atoms with Crippen LogP contribution >= 0.6 is 0 Å². The average molecular weight is 369 g/mol. The predicted octanol–water partition coefficient (Wildman–Crippen LogP) is 2.50. The third-order valence-electron chi connectivity index (χ3n) is 4.26. The van der Waals surface area contributed by atoms with Gasteiger partial charge >= 0.3 is 5.97 Å². The quantitative estimate of drug-likeness (QED) is 0.663. The Morgan fingerprint density at radius 2 is 1.81 bits per heavy atom. The molecule has 6 heteroatoms. The van der Waals surface area contributed by atoms with Crippen LogP contribution in [-0.4, -0.2) is 36.4 Å². The highest BCUT2D eigenvalue weighted by Crippen LogP contribution is 2.21. The number of nitrogens with one attached hydrogen (secondary N) is 1. The summed E-state index contributed by atoms with van der Waals surface area (Å²) in [6.45, 7) is 1.48. The van der Waals surface area contributed by atoms with Crippen molar-refractivity contribution >= 4 is 17.7 Å². The molecule has 0 aliphatic rings. The van der Waals surface area contributed by atoms with Gasteiger partial charge in [-0.1, -0.05) is 30.3 Å². The zero-order chi connectivity index (χ0) is 19.8. The minimum absolute atomic E-state index is 0.00195. The van der Waals surface area contributed by atoms with Crippen LogP contribution in [0.5, 0.6) is 5.75 Å². The van der Waals surface area contributed by atoms with Gasteiger partial charge in [0, 0.05) is 17.7 Å². The Morgan fingerprint density at radius 1 is 1.11 bits per heavy atom. The summed E-state index contributed by atoms with van der Waals surface area (Å²) >= 11 is 0. The highest BCUT2D eigenvalue weighted by molar-refractivity contribution is 5.94. The highest BCUT2D eigenvalue weighted by atomic mass is 16.5. The monoisotopic (exact) mass is 369 g/mol. The molecular formula is C21H23NO5. The molecule has 0 aromatic heterocycles. The Hall–Kier alpha value is -3.15. The largest absolute Gasteiger partial charge is 0.496 e. The summed E-state index contributed by atoms with van der Waals surface area (Å²) in [6, 6.07) is 14.2. The van der Waals surface area contributed by atoms with E-state index < -0.39 is 11.9 Å². The number of rotatable bonds is 9. The summed E-state index contributed by atoms with van der Waals surface area (Å²) < 4.78 is 5.24. The maximum absolute atomic E-state index is 12.3. The first kappa shape index (κ1) is 20.2. The van der Waals surface area contributed by atoms with Gasteiger partial charge in [0.15, 0.2) is 5.78 Å². The molecule has 6 nitrogen and oxygen atoms in total. The molecule has 2 N–H and O–H groups in total. The number of aliphatic carboxylic acids is 1. The predicted molar refractivity (Wildman–Crippen MR) is 101 cm³/mol. The molecule has 0 aliphatic heterocycles. The molecule has 0 saturated carbocycles. The van der Waals surface area contributed by atoms with Crippen molar-refractivity contribution in [2.45, 2.75) is 19.8 Å². The maximum atomic E-state index is 12.3. The molecular weight excluding hydrogens is 346 g/mol. The summed E-state index contributed by atoms with van der Waals surface area (Å²) in [4.78, 5) is 35.3. The van der Waals surface area contributed by atoms with Gasteiger partial charge in [0.2, 0.25) is 5.91 Å². The Labute approximate surface area is 158 Å². The van der Waals surface area contributed by atoms with Crippen molar-refractivity contribution in [3.8, 4) is 5.75 Å². The maximum Gasteiger partial charge on any atom is 0.308 e. The third-order valence-corrected chi connectivity index (χ3v) is 4.26. The first-order valence-electron chi connectivity index (χ1n) is 8.62. The molecule has 142 valence electrons. The number of hydrogen-bond donors (Lipinski definition) is 2. The topological polar surface area (TPSA) is 92.7 Å². The van der Waals surface area contributed by atoms with E-state index in [2.05, 4.69) is 5.32 Å². The second kappa shape index (κ2) is 9.52. The number of methoxy groups -OCH3 is 1. The Morgan fingerprint density at radius 3 is 2.41 bits per heavy atom. The van der Waals surface area contributed by atoms with E-state index >= 15 is 0 Å². The molecule has 0 radical (unpaired) electrons. The fourth-order valence-electron chi connectivity index (χ4n) is 2.75. The van der Waals surface area contributed by atoms with Crippen molar-refractivity contribution in [3.63, 3.8) is 0 Å². The number of carboxylic acid groups (broad SMARTS) is 1. The number of amides is 1. The van der Waals surface area contributed by atoms with Crippen molar-refractivity contribution in [1.29, 1.82) is 0 Å². The smallest absolute Gasteiger partial charge is 0.308 e. The van der Waals surface area contributed by atoms with Crippen LogP contribution in [0.3, 0.4) is 0 Å². The van der Waals surface area contributed by atoms with Gasteiger partial charge in [-0.2, -0.15) is 0 Å². The summed E-state index contributed by atoms with van der Waals surface area (Å²) in [5.74, 6) is -1.60. The second-order valence-corrected chi connectivity index (χ2v) is 6.29. The molecule has 27 heavy (non-hydrogen) atoms. The number of carbonyl (C=O) groups excluding carboxylic acids is 2. The zero-order valence-corrected chi connectivity index (χ0v) is 15.4. The zero-order valence-electron chi connectivity index (χ0n) is 15.4. The molecule has 2 rings (SSSR count). The number of carboxylic acids is 1. The highest BCUT2D eigenvalue weighted by Gasteiger charge is 2.19. The van der Waals surface area contributed by atoms with Crippen LogP contribution in [0.4, 0.5) is 0 Å². The molecule has 1 atom stereocenters. The van der Waals surface area contributed by atoms with Crippen molar-refractivity contribution < 1.29 is 24.2 Å². The normalized spacial score (nSPS) is 11.5. The van der Waals surface area contributed by atoms with Crippen molar-refractivity contribution in [2.24, 2.45) is 5.92 Å². The van der Waals surface area contributed by atoms with Gasteiger partial charge in [-0.25, -0.2) is 0 Å². The number of hydrogen-bond acceptors (Lipinski definition) is 4. The minimum Gasteiger partial charge on any atom is -0.496 e. The van der Waals surface area contributed by atoms with Gasteiger partial charge in [0.05, 0.1) is 19.4 Å². The summed E-state index contributed by atoms with van der Waals surface area (Å²) in [5, 5.41) is 12.1. The lowest BCUT2D eigenvalue weighted by Gasteiger charge is -2.14. The Kier molecular flexibility index (Phi) is 7.11. The Bertz CT molecular complexity index is 817. The third kappa shape index (κ3) is 5.95. The first-order valence-corrected chi connectivity index (χ1v) is 8.62. The summed E-state index contributed by atoms with van der Waals surface area (Å²) in [7, 11) is 1.49. The summed E-state index contributed by atoms with van der Waals surface area (Å²) in [6.07, 6.45) is 0.335. The summed E-state index contributed by atoms with van der Waals surface area (Å²) in [5.41, 5.74) is 1.97. The second-order valence-electron chi connectivity index (χ2n) is 6.29. The van der Waals surface area contributed by atoms with Crippen molar-refractivity contribution in [1.82, 2.24) is 5.32 Å². The van der Waals surface area contributed by atoms with E-state index in [4.69, 9.17) is 4.74 Å². The SMILES string of the molecule is COc1ccc(C(C)=O)cc1CC(=O)NCC(Cc1ccccc1)C(=O)O. The number of ketones is 1. The molecule has 0 bridgehead atoms. The van der Waals surface area contributed by atoms with Crippen LogP contribution in [0.15, 0.2) is 48.5 Å². The number of benzene rings is 2. The Balaban J connectivity index is 2.01. The van der Waals surface area contributed by atoms with E-state index in [9.17, 15) is 19.5 Å². The molecule has 2 aromatic rings.